The number of hydrogen-bond acceptors (Lipinski definition) is 8. The fraction of sp³-hybridized carbons (Fsp3) is 0.273. The Kier molecular flexibility index (Phi) is 6.24. The van der Waals surface area contributed by atoms with Crippen molar-refractivity contribution in [3.8, 4) is 17.0 Å². The van der Waals surface area contributed by atoms with Crippen LogP contribution in [0.4, 0.5) is 5.13 Å². The van der Waals surface area contributed by atoms with E-state index in [1.54, 1.807) is 18.4 Å². The van der Waals surface area contributed by atoms with Crippen molar-refractivity contribution in [2.24, 2.45) is 0 Å². The molecule has 1 N–H and O–H groups in total. The number of aromatic nitrogens is 4. The van der Waals surface area contributed by atoms with E-state index < -0.39 is 0 Å². The second kappa shape index (κ2) is 9.43. The monoisotopic (exact) mass is 483 g/mol. The smallest absolute Gasteiger partial charge is 0.236 e. The normalized spacial score (nSPS) is 13.3. The topological polar surface area (TPSA) is 81.9 Å². The summed E-state index contributed by atoms with van der Waals surface area (Å²) in [6.45, 7) is 0. The minimum atomic E-state index is -0.101. The molecule has 0 atom stereocenters. The summed E-state index contributed by atoms with van der Waals surface area (Å²) in [5.41, 5.74) is 1.81. The van der Waals surface area contributed by atoms with Crippen molar-refractivity contribution >= 4 is 45.5 Å². The van der Waals surface area contributed by atoms with E-state index in [1.165, 1.54) is 28.0 Å². The summed E-state index contributed by atoms with van der Waals surface area (Å²) in [5.74, 6) is 1.94. The molecule has 10 heteroatoms. The highest BCUT2D eigenvalue weighted by molar-refractivity contribution is 7.99. The molecular weight excluding hydrogens is 462 g/mol. The van der Waals surface area contributed by atoms with Crippen LogP contribution in [0.25, 0.3) is 11.3 Å². The summed E-state index contributed by atoms with van der Waals surface area (Å²) in [6.07, 6.45) is 3.06. The van der Waals surface area contributed by atoms with Gasteiger partial charge in [-0.15, -0.1) is 32.9 Å². The Labute approximate surface area is 197 Å². The van der Waals surface area contributed by atoms with Gasteiger partial charge in [-0.1, -0.05) is 17.8 Å². The summed E-state index contributed by atoms with van der Waals surface area (Å²) >= 11 is 4.57. The standard InChI is InChI=1S/C22H21N5O2S3/c1-29-16-8-4-14(5-9-16)18-12-31-21(23-18)24-20(28)13-32-22-26-25-19(27(22)15-6-7-15)11-17-3-2-10-30-17/h2-5,8-10,12,15H,6-7,11,13H2,1H3,(H,23,24,28). The molecule has 1 saturated carbocycles. The molecule has 5 rings (SSSR count). The Balaban J connectivity index is 1.20. The van der Waals surface area contributed by atoms with E-state index in [-0.39, 0.29) is 11.7 Å². The third kappa shape index (κ3) is 4.87. The van der Waals surface area contributed by atoms with Crippen LogP contribution in [0.15, 0.2) is 52.3 Å². The molecule has 3 heterocycles. The van der Waals surface area contributed by atoms with Crippen LogP contribution in [-0.4, -0.2) is 38.5 Å². The van der Waals surface area contributed by atoms with Gasteiger partial charge in [-0.25, -0.2) is 4.98 Å². The second-order valence-electron chi connectivity index (χ2n) is 7.36. The molecule has 1 fully saturated rings. The van der Waals surface area contributed by atoms with Gasteiger partial charge in [0.25, 0.3) is 0 Å². The zero-order valence-corrected chi connectivity index (χ0v) is 19.8. The van der Waals surface area contributed by atoms with Crippen molar-refractivity contribution in [3.05, 3.63) is 57.9 Å². The molecule has 32 heavy (non-hydrogen) atoms. The zero-order valence-electron chi connectivity index (χ0n) is 17.4. The van der Waals surface area contributed by atoms with Crippen molar-refractivity contribution in [1.29, 1.82) is 0 Å². The third-order valence-corrected chi connectivity index (χ3v) is 7.61. The Bertz CT molecular complexity index is 1200. The van der Waals surface area contributed by atoms with Crippen LogP contribution < -0.4 is 10.1 Å². The summed E-state index contributed by atoms with van der Waals surface area (Å²) in [5, 5.41) is 17.1. The Morgan fingerprint density at radius 3 is 2.78 bits per heavy atom. The van der Waals surface area contributed by atoms with Gasteiger partial charge in [-0.05, 0) is 48.6 Å². The molecule has 164 valence electrons. The number of thiophene rings is 1. The van der Waals surface area contributed by atoms with E-state index in [1.807, 2.05) is 29.6 Å². The number of methoxy groups -OCH3 is 1. The number of rotatable bonds is 9. The van der Waals surface area contributed by atoms with Crippen LogP contribution in [0, 0.1) is 0 Å². The van der Waals surface area contributed by atoms with E-state index in [0.29, 0.717) is 11.2 Å². The average molecular weight is 484 g/mol. The molecule has 4 aromatic rings. The first-order valence-corrected chi connectivity index (χ1v) is 12.9. The first-order valence-electron chi connectivity index (χ1n) is 10.2. The number of amides is 1. The van der Waals surface area contributed by atoms with Gasteiger partial charge in [0.15, 0.2) is 10.3 Å². The molecule has 1 amide bonds. The number of ether oxygens (including phenoxy) is 1. The van der Waals surface area contributed by atoms with Crippen molar-refractivity contribution in [1.82, 2.24) is 19.7 Å². The van der Waals surface area contributed by atoms with Gasteiger partial charge in [0.2, 0.25) is 5.91 Å². The van der Waals surface area contributed by atoms with Gasteiger partial charge in [-0.2, -0.15) is 0 Å². The number of carbonyl (C=O) groups is 1. The number of anilines is 1. The van der Waals surface area contributed by atoms with Crippen molar-refractivity contribution < 1.29 is 9.53 Å². The molecule has 0 unspecified atom stereocenters. The van der Waals surface area contributed by atoms with Crippen LogP contribution in [0.2, 0.25) is 0 Å². The Hall–Kier alpha value is -2.69. The van der Waals surface area contributed by atoms with Gasteiger partial charge in [-0.3, -0.25) is 4.79 Å². The number of nitrogens with zero attached hydrogens (tertiary/aromatic N) is 4. The van der Waals surface area contributed by atoms with E-state index >= 15 is 0 Å². The molecule has 3 aromatic heterocycles. The minimum Gasteiger partial charge on any atom is -0.497 e. The summed E-state index contributed by atoms with van der Waals surface area (Å²) < 4.78 is 7.40. The van der Waals surface area contributed by atoms with Gasteiger partial charge < -0.3 is 14.6 Å². The van der Waals surface area contributed by atoms with Crippen molar-refractivity contribution in [2.45, 2.75) is 30.5 Å². The maximum atomic E-state index is 12.5. The van der Waals surface area contributed by atoms with Gasteiger partial charge >= 0.3 is 0 Å². The molecular formula is C22H21N5O2S3. The minimum absolute atomic E-state index is 0.101. The predicted octanol–water partition coefficient (Wildman–Crippen LogP) is 5.13. The Morgan fingerprint density at radius 2 is 2.06 bits per heavy atom. The number of thiazole rings is 1. The largest absolute Gasteiger partial charge is 0.497 e. The van der Waals surface area contributed by atoms with Gasteiger partial charge in [0.1, 0.15) is 11.6 Å². The van der Waals surface area contributed by atoms with Crippen LogP contribution in [0.5, 0.6) is 5.75 Å². The molecule has 0 radical (unpaired) electrons. The van der Waals surface area contributed by atoms with Crippen LogP contribution in [-0.2, 0) is 11.2 Å². The van der Waals surface area contributed by atoms with Crippen molar-refractivity contribution in [2.75, 3.05) is 18.2 Å². The Morgan fingerprint density at radius 1 is 1.22 bits per heavy atom. The molecule has 0 saturated heterocycles. The quantitative estimate of drug-likeness (QED) is 0.333. The van der Waals surface area contributed by atoms with E-state index in [2.05, 4.69) is 42.6 Å². The predicted molar refractivity (Wildman–Crippen MR) is 129 cm³/mol. The lowest BCUT2D eigenvalue weighted by Crippen LogP contribution is -2.14. The molecule has 0 aliphatic heterocycles. The maximum absolute atomic E-state index is 12.5. The van der Waals surface area contributed by atoms with E-state index in [0.717, 1.165) is 47.3 Å². The number of carbonyl (C=O) groups excluding carboxylic acids is 1. The number of thioether (sulfide) groups is 1. The molecule has 7 nitrogen and oxygen atoms in total. The molecule has 0 bridgehead atoms. The number of nitrogens with one attached hydrogen (secondary N) is 1. The van der Waals surface area contributed by atoms with Crippen molar-refractivity contribution in [3.63, 3.8) is 0 Å². The van der Waals surface area contributed by atoms with E-state index in [4.69, 9.17) is 4.74 Å². The highest BCUT2D eigenvalue weighted by atomic mass is 32.2. The lowest BCUT2D eigenvalue weighted by molar-refractivity contribution is -0.113. The second-order valence-corrected chi connectivity index (χ2v) is 10.2. The van der Waals surface area contributed by atoms with Crippen LogP contribution in [0.1, 0.15) is 29.6 Å². The van der Waals surface area contributed by atoms with E-state index in [9.17, 15) is 4.79 Å². The van der Waals surface area contributed by atoms with Gasteiger partial charge in [0, 0.05) is 28.3 Å². The lowest BCUT2D eigenvalue weighted by Gasteiger charge is -2.08. The number of benzene rings is 1. The zero-order chi connectivity index (χ0) is 21.9. The van der Waals surface area contributed by atoms with Crippen LogP contribution >= 0.6 is 34.4 Å². The average Bonchev–Trinajstić information content (AvgIpc) is 3.18. The SMILES string of the molecule is COc1ccc(-c2csc(NC(=O)CSc3nnc(Cc4cccs4)n3C3CC3)n2)cc1. The van der Waals surface area contributed by atoms with Gasteiger partial charge in [0.05, 0.1) is 18.6 Å². The fourth-order valence-corrected chi connectivity index (χ4v) is 5.57. The first kappa shape index (κ1) is 21.2. The summed E-state index contributed by atoms with van der Waals surface area (Å²) in [4.78, 5) is 18.3. The summed E-state index contributed by atoms with van der Waals surface area (Å²) in [7, 11) is 1.64. The molecule has 1 aliphatic rings. The first-order chi connectivity index (χ1) is 15.7. The summed E-state index contributed by atoms with van der Waals surface area (Å²) in [6, 6.07) is 12.3. The molecule has 1 aromatic carbocycles. The highest BCUT2D eigenvalue weighted by Gasteiger charge is 2.30. The molecule has 0 spiro atoms. The lowest BCUT2D eigenvalue weighted by atomic mass is 10.2. The number of hydrogen-bond donors (Lipinski definition) is 1. The third-order valence-electron chi connectivity index (χ3n) is 5.03. The van der Waals surface area contributed by atoms with Crippen LogP contribution in [0.3, 0.4) is 0 Å². The maximum Gasteiger partial charge on any atom is 0.236 e. The fourth-order valence-electron chi connectivity index (χ4n) is 3.31. The molecule has 1 aliphatic carbocycles. The highest BCUT2D eigenvalue weighted by Crippen LogP contribution is 2.39.